The Morgan fingerprint density at radius 3 is 2.62 bits per heavy atom. The molecular formula is C16H13N3O2. The van der Waals surface area contributed by atoms with Crippen molar-refractivity contribution in [2.24, 2.45) is 0 Å². The summed E-state index contributed by atoms with van der Waals surface area (Å²) in [6, 6.07) is 10.7. The van der Waals surface area contributed by atoms with Crippen molar-refractivity contribution in [2.75, 3.05) is 5.32 Å². The summed E-state index contributed by atoms with van der Waals surface area (Å²) in [6.45, 7) is 1.78. The highest BCUT2D eigenvalue weighted by molar-refractivity contribution is 6.07. The number of rotatable bonds is 2. The van der Waals surface area contributed by atoms with Gasteiger partial charge in [0.15, 0.2) is 0 Å². The Labute approximate surface area is 120 Å². The maximum atomic E-state index is 12.3. The molecule has 0 saturated carbocycles. The molecular weight excluding hydrogens is 266 g/mol. The molecule has 0 fully saturated rings. The highest BCUT2D eigenvalue weighted by Gasteiger charge is 2.16. The van der Waals surface area contributed by atoms with Crippen LogP contribution in [0.2, 0.25) is 0 Å². The highest BCUT2D eigenvalue weighted by Crippen LogP contribution is 2.17. The number of aryl methyl sites for hydroxylation is 1. The van der Waals surface area contributed by atoms with Gasteiger partial charge >= 0.3 is 0 Å². The fraction of sp³-hybridized carbons (Fsp3) is 0.0625. The number of anilines is 1. The quantitative estimate of drug-likeness (QED) is 0.756. The lowest BCUT2D eigenvalue weighted by Crippen LogP contribution is -2.25. The lowest BCUT2D eigenvalue weighted by Gasteiger charge is -2.09. The first-order chi connectivity index (χ1) is 10.2. The average molecular weight is 279 g/mol. The molecule has 0 aliphatic rings. The van der Waals surface area contributed by atoms with Gasteiger partial charge in [0.2, 0.25) is 0 Å². The molecule has 0 atom stereocenters. The van der Waals surface area contributed by atoms with E-state index in [0.717, 1.165) is 10.9 Å². The summed E-state index contributed by atoms with van der Waals surface area (Å²) in [4.78, 5) is 31.1. The fourth-order valence-corrected chi connectivity index (χ4v) is 2.31. The van der Waals surface area contributed by atoms with E-state index in [2.05, 4.69) is 15.3 Å². The monoisotopic (exact) mass is 279 g/mol. The first-order valence-electron chi connectivity index (χ1n) is 6.50. The molecule has 1 amide bonds. The van der Waals surface area contributed by atoms with Gasteiger partial charge in [0, 0.05) is 29.0 Å². The average Bonchev–Trinajstić information content (AvgIpc) is 2.48. The molecule has 0 bridgehead atoms. The van der Waals surface area contributed by atoms with Gasteiger partial charge in [-0.25, -0.2) is 0 Å². The maximum Gasteiger partial charge on any atom is 0.261 e. The second-order valence-electron chi connectivity index (χ2n) is 4.69. The molecule has 0 aliphatic heterocycles. The number of carbonyl (C=O) groups is 1. The zero-order valence-corrected chi connectivity index (χ0v) is 11.4. The normalized spacial score (nSPS) is 10.5. The van der Waals surface area contributed by atoms with Crippen LogP contribution in [0.4, 0.5) is 5.69 Å². The first-order valence-corrected chi connectivity index (χ1v) is 6.50. The summed E-state index contributed by atoms with van der Waals surface area (Å²) in [5.41, 5.74) is 1.73. The molecule has 3 rings (SSSR count). The lowest BCUT2D eigenvalue weighted by atomic mass is 10.0. The largest absolute Gasteiger partial charge is 0.322 e. The number of nitrogens with zero attached hydrogens (tertiary/aromatic N) is 1. The minimum absolute atomic E-state index is 0.130. The third-order valence-electron chi connectivity index (χ3n) is 3.35. The summed E-state index contributed by atoms with van der Waals surface area (Å²) < 4.78 is 0. The zero-order valence-electron chi connectivity index (χ0n) is 11.4. The van der Waals surface area contributed by atoms with Crippen LogP contribution in [0.25, 0.3) is 10.9 Å². The van der Waals surface area contributed by atoms with E-state index in [1.54, 1.807) is 31.5 Å². The summed E-state index contributed by atoms with van der Waals surface area (Å²) in [5, 5.41) is 3.56. The number of fused-ring (bicyclic) bond motifs is 1. The molecule has 3 aromatic rings. The molecule has 0 saturated heterocycles. The van der Waals surface area contributed by atoms with Crippen molar-refractivity contribution in [3.8, 4) is 0 Å². The SMILES string of the molecule is Cc1c(C(=O)Nc2ccncc2)c(=O)[nH]c2ccccc12. The Kier molecular flexibility index (Phi) is 3.23. The van der Waals surface area contributed by atoms with E-state index in [1.165, 1.54) is 0 Å². The molecule has 21 heavy (non-hydrogen) atoms. The van der Waals surface area contributed by atoms with Crippen molar-refractivity contribution < 1.29 is 4.79 Å². The van der Waals surface area contributed by atoms with Crippen LogP contribution in [0, 0.1) is 6.92 Å². The van der Waals surface area contributed by atoms with Crippen LogP contribution in [0.5, 0.6) is 0 Å². The lowest BCUT2D eigenvalue weighted by molar-refractivity contribution is 0.102. The van der Waals surface area contributed by atoms with Crippen LogP contribution < -0.4 is 10.9 Å². The number of carbonyl (C=O) groups excluding carboxylic acids is 1. The van der Waals surface area contributed by atoms with Crippen molar-refractivity contribution >= 4 is 22.5 Å². The third kappa shape index (κ3) is 2.41. The third-order valence-corrected chi connectivity index (χ3v) is 3.35. The summed E-state index contributed by atoms with van der Waals surface area (Å²) in [6.07, 6.45) is 3.15. The topological polar surface area (TPSA) is 74.8 Å². The Hall–Kier alpha value is -2.95. The predicted octanol–water partition coefficient (Wildman–Crippen LogP) is 2.48. The summed E-state index contributed by atoms with van der Waals surface area (Å²) in [5.74, 6) is -0.425. The van der Waals surface area contributed by atoms with E-state index in [-0.39, 0.29) is 5.56 Å². The number of aromatic amines is 1. The molecule has 2 N–H and O–H groups in total. The van der Waals surface area contributed by atoms with Crippen molar-refractivity contribution in [1.82, 2.24) is 9.97 Å². The van der Waals surface area contributed by atoms with Gasteiger partial charge in [0.25, 0.3) is 11.5 Å². The van der Waals surface area contributed by atoms with Gasteiger partial charge in [0.05, 0.1) is 0 Å². The molecule has 0 aliphatic carbocycles. The molecule has 2 aromatic heterocycles. The maximum absolute atomic E-state index is 12.3. The number of hydrogen-bond acceptors (Lipinski definition) is 3. The van der Waals surface area contributed by atoms with Gasteiger partial charge in [-0.3, -0.25) is 14.6 Å². The number of amides is 1. The molecule has 0 spiro atoms. The zero-order chi connectivity index (χ0) is 14.8. The summed E-state index contributed by atoms with van der Waals surface area (Å²) in [7, 11) is 0. The molecule has 0 unspecified atom stereocenters. The van der Waals surface area contributed by atoms with E-state index in [0.29, 0.717) is 11.3 Å². The number of pyridine rings is 2. The van der Waals surface area contributed by atoms with Gasteiger partial charge in [-0.2, -0.15) is 0 Å². The second-order valence-corrected chi connectivity index (χ2v) is 4.69. The standard InChI is InChI=1S/C16H13N3O2/c1-10-12-4-2-3-5-13(12)19-16(21)14(10)15(20)18-11-6-8-17-9-7-11/h2-9H,1H3,(H,19,21)(H,17,18,20). The number of para-hydroxylation sites is 1. The van der Waals surface area contributed by atoms with Crippen LogP contribution in [0.3, 0.4) is 0 Å². The number of benzene rings is 1. The smallest absolute Gasteiger partial charge is 0.261 e. The van der Waals surface area contributed by atoms with E-state index < -0.39 is 11.5 Å². The minimum Gasteiger partial charge on any atom is -0.322 e. The van der Waals surface area contributed by atoms with Crippen molar-refractivity contribution in [3.05, 3.63) is 70.3 Å². The Morgan fingerprint density at radius 1 is 1.14 bits per heavy atom. The summed E-state index contributed by atoms with van der Waals surface area (Å²) >= 11 is 0. The molecule has 5 heteroatoms. The Morgan fingerprint density at radius 2 is 1.86 bits per heavy atom. The molecule has 1 aromatic carbocycles. The molecule has 104 valence electrons. The molecule has 5 nitrogen and oxygen atoms in total. The predicted molar refractivity (Wildman–Crippen MR) is 81.5 cm³/mol. The van der Waals surface area contributed by atoms with Crippen LogP contribution >= 0.6 is 0 Å². The Bertz CT molecular complexity index is 870. The van der Waals surface area contributed by atoms with Crippen molar-refractivity contribution in [1.29, 1.82) is 0 Å². The van der Waals surface area contributed by atoms with Gasteiger partial charge in [-0.15, -0.1) is 0 Å². The molecule has 0 radical (unpaired) electrons. The first kappa shape index (κ1) is 13.1. The van der Waals surface area contributed by atoms with E-state index in [9.17, 15) is 9.59 Å². The van der Waals surface area contributed by atoms with Gasteiger partial charge < -0.3 is 10.3 Å². The van der Waals surface area contributed by atoms with E-state index >= 15 is 0 Å². The van der Waals surface area contributed by atoms with Gasteiger partial charge in [-0.1, -0.05) is 18.2 Å². The van der Waals surface area contributed by atoms with E-state index in [4.69, 9.17) is 0 Å². The van der Waals surface area contributed by atoms with Crippen LogP contribution in [0.15, 0.2) is 53.6 Å². The van der Waals surface area contributed by atoms with Crippen molar-refractivity contribution in [2.45, 2.75) is 6.92 Å². The minimum atomic E-state index is -0.425. The van der Waals surface area contributed by atoms with Gasteiger partial charge in [0.1, 0.15) is 5.56 Å². The fourth-order valence-electron chi connectivity index (χ4n) is 2.31. The number of aromatic nitrogens is 2. The van der Waals surface area contributed by atoms with E-state index in [1.807, 2.05) is 24.3 Å². The number of hydrogen-bond donors (Lipinski definition) is 2. The van der Waals surface area contributed by atoms with Crippen molar-refractivity contribution in [3.63, 3.8) is 0 Å². The molecule has 2 heterocycles. The number of nitrogens with one attached hydrogen (secondary N) is 2. The number of H-pyrrole nitrogens is 1. The Balaban J connectivity index is 2.08. The van der Waals surface area contributed by atoms with Crippen LogP contribution in [-0.4, -0.2) is 15.9 Å². The van der Waals surface area contributed by atoms with Gasteiger partial charge in [-0.05, 0) is 30.7 Å². The highest BCUT2D eigenvalue weighted by atomic mass is 16.2. The van der Waals surface area contributed by atoms with Crippen LogP contribution in [-0.2, 0) is 0 Å². The van der Waals surface area contributed by atoms with Crippen LogP contribution in [0.1, 0.15) is 15.9 Å². The second kappa shape index (κ2) is 5.20.